The smallest absolute Gasteiger partial charge is 0.355 e. The number of pyridine rings is 1. The quantitative estimate of drug-likeness (QED) is 0.288. The summed E-state index contributed by atoms with van der Waals surface area (Å²) in [5.74, 6) is -0.491. The molecule has 7 heteroatoms. The Morgan fingerprint density at radius 3 is 2.74 bits per heavy atom. The molecule has 0 aliphatic heterocycles. The number of rotatable bonds is 6. The van der Waals surface area contributed by atoms with Gasteiger partial charge in [0.15, 0.2) is 12.0 Å². The van der Waals surface area contributed by atoms with Gasteiger partial charge in [0.1, 0.15) is 5.69 Å². The van der Waals surface area contributed by atoms with Crippen molar-refractivity contribution in [3.05, 3.63) is 52.1 Å². The lowest BCUT2D eigenvalue weighted by molar-refractivity contribution is -0.645. The maximum Gasteiger partial charge on any atom is 0.355 e. The molecule has 0 unspecified atom stereocenters. The predicted molar refractivity (Wildman–Crippen MR) is 86.7 cm³/mol. The number of aromatic amines is 1. The molecule has 0 saturated carbocycles. The average Bonchev–Trinajstić information content (AvgIpc) is 2.81. The summed E-state index contributed by atoms with van der Waals surface area (Å²) in [6.45, 7) is 5.45. The molecule has 122 valence electrons. The van der Waals surface area contributed by atoms with Crippen LogP contribution in [0.2, 0.25) is 0 Å². The van der Waals surface area contributed by atoms with Crippen molar-refractivity contribution in [2.24, 2.45) is 0 Å². The van der Waals surface area contributed by atoms with E-state index in [-0.39, 0.29) is 18.1 Å². The van der Waals surface area contributed by atoms with E-state index in [9.17, 15) is 14.8 Å². The van der Waals surface area contributed by atoms with Crippen molar-refractivity contribution in [2.45, 2.75) is 25.8 Å². The molecule has 0 aromatic carbocycles. The maximum absolute atomic E-state index is 12.5. The highest BCUT2D eigenvalue weighted by Crippen LogP contribution is 2.22. The van der Waals surface area contributed by atoms with Gasteiger partial charge in [0.2, 0.25) is 0 Å². The van der Waals surface area contributed by atoms with Gasteiger partial charge >= 0.3 is 5.97 Å². The number of carbonyl (C=O) groups excluding carboxylic acids is 2. The summed E-state index contributed by atoms with van der Waals surface area (Å²) >= 11 is 1.17. The molecule has 2 aromatic rings. The van der Waals surface area contributed by atoms with Gasteiger partial charge in [0.05, 0.1) is 12.4 Å². The van der Waals surface area contributed by atoms with Gasteiger partial charge in [0, 0.05) is 23.4 Å². The number of hydrogen-bond acceptors (Lipinski definition) is 5. The lowest BCUT2D eigenvalue weighted by Gasteiger charge is -2.04. The van der Waals surface area contributed by atoms with Crippen molar-refractivity contribution in [3.63, 3.8) is 0 Å². The van der Waals surface area contributed by atoms with E-state index in [1.165, 1.54) is 18.0 Å². The van der Waals surface area contributed by atoms with Crippen molar-refractivity contribution >= 4 is 23.5 Å². The third kappa shape index (κ3) is 3.73. The summed E-state index contributed by atoms with van der Waals surface area (Å²) in [5, 5.41) is 12.0. The number of hydrogen-bond donors (Lipinski definition) is 1. The van der Waals surface area contributed by atoms with E-state index < -0.39 is 5.97 Å². The maximum atomic E-state index is 12.5. The number of aryl methyl sites for hydroxylation is 1. The van der Waals surface area contributed by atoms with E-state index in [1.807, 2.05) is 0 Å². The molecule has 0 fully saturated rings. The lowest BCUT2D eigenvalue weighted by atomic mass is 10.1. The van der Waals surface area contributed by atoms with Crippen molar-refractivity contribution in [3.8, 4) is 0 Å². The number of Topliss-reactive ketones (excluding diaryl/α,β-unsaturated/α-hetero) is 1. The molecule has 2 heterocycles. The van der Waals surface area contributed by atoms with Crippen LogP contribution in [0.1, 0.15) is 39.0 Å². The third-order valence-electron chi connectivity index (χ3n) is 3.34. The third-order valence-corrected chi connectivity index (χ3v) is 4.35. The van der Waals surface area contributed by atoms with Crippen LogP contribution in [-0.4, -0.2) is 29.1 Å². The number of thioether (sulfide) groups is 1. The van der Waals surface area contributed by atoms with Gasteiger partial charge in [0.25, 0.3) is 5.03 Å². The van der Waals surface area contributed by atoms with Crippen LogP contribution in [0, 0.1) is 19.1 Å². The summed E-state index contributed by atoms with van der Waals surface area (Å²) in [5.41, 5.74) is 1.99. The second kappa shape index (κ2) is 7.32. The van der Waals surface area contributed by atoms with Gasteiger partial charge in [-0.2, -0.15) is 4.73 Å². The minimum Gasteiger partial charge on any atom is -0.618 e. The topological polar surface area (TPSA) is 86.1 Å². The van der Waals surface area contributed by atoms with Crippen LogP contribution in [0.4, 0.5) is 0 Å². The first-order valence-electron chi connectivity index (χ1n) is 7.16. The van der Waals surface area contributed by atoms with E-state index in [0.717, 1.165) is 4.73 Å². The molecule has 0 saturated heterocycles. The van der Waals surface area contributed by atoms with E-state index in [2.05, 4.69) is 4.98 Å². The monoisotopic (exact) mass is 334 g/mol. The second-order valence-electron chi connectivity index (χ2n) is 4.92. The highest BCUT2D eigenvalue weighted by Gasteiger charge is 2.23. The molecule has 6 nitrogen and oxygen atoms in total. The van der Waals surface area contributed by atoms with Crippen molar-refractivity contribution in [1.29, 1.82) is 0 Å². The fourth-order valence-electron chi connectivity index (χ4n) is 2.31. The van der Waals surface area contributed by atoms with Gasteiger partial charge in [-0.1, -0.05) is 0 Å². The number of esters is 1. The van der Waals surface area contributed by atoms with Gasteiger partial charge in [-0.25, -0.2) is 4.79 Å². The molecule has 0 aliphatic carbocycles. The SMILES string of the molecule is CCOC(=O)c1[nH]c(C)c(C(=O)CSc2cccc[n+]2[O-])c1C. The van der Waals surface area contributed by atoms with Crippen LogP contribution in [-0.2, 0) is 4.74 Å². The Labute approximate surface area is 138 Å². The Balaban J connectivity index is 2.17. The van der Waals surface area contributed by atoms with Crippen LogP contribution >= 0.6 is 11.8 Å². The zero-order chi connectivity index (χ0) is 17.0. The fourth-order valence-corrected chi connectivity index (χ4v) is 3.10. The minimum absolute atomic E-state index is 0.119. The molecule has 0 atom stereocenters. The molecule has 0 amide bonds. The number of ether oxygens (including phenoxy) is 1. The molecule has 1 N–H and O–H groups in total. The van der Waals surface area contributed by atoms with Crippen molar-refractivity contribution in [1.82, 2.24) is 4.98 Å². The van der Waals surface area contributed by atoms with Crippen LogP contribution in [0.3, 0.4) is 0 Å². The van der Waals surface area contributed by atoms with Crippen LogP contribution in [0.25, 0.3) is 0 Å². The number of nitrogens with zero attached hydrogens (tertiary/aromatic N) is 1. The molecule has 0 aliphatic rings. The van der Waals surface area contributed by atoms with Crippen molar-refractivity contribution in [2.75, 3.05) is 12.4 Å². The van der Waals surface area contributed by atoms with Gasteiger partial charge in [-0.15, -0.1) is 0 Å². The first-order chi connectivity index (χ1) is 11.0. The summed E-state index contributed by atoms with van der Waals surface area (Å²) in [4.78, 5) is 27.2. The molecular weight excluding hydrogens is 316 g/mol. The zero-order valence-corrected chi connectivity index (χ0v) is 14.0. The van der Waals surface area contributed by atoms with Gasteiger partial charge < -0.3 is 14.9 Å². The first kappa shape index (κ1) is 17.1. The number of carbonyl (C=O) groups is 2. The highest BCUT2D eigenvalue weighted by molar-refractivity contribution is 7.99. The average molecular weight is 334 g/mol. The number of aromatic nitrogens is 2. The Bertz CT molecular complexity index is 740. The fraction of sp³-hybridized carbons (Fsp3) is 0.312. The minimum atomic E-state index is -0.472. The standard InChI is InChI=1S/C16H18N2O4S/c1-4-22-16(20)15-10(2)14(11(3)17-15)12(19)9-23-13-7-5-6-8-18(13)21/h5-8,17H,4,9H2,1-3H3. The molecule has 23 heavy (non-hydrogen) atoms. The summed E-state index contributed by atoms with van der Waals surface area (Å²) in [6, 6.07) is 5.03. The van der Waals surface area contributed by atoms with Gasteiger partial charge in [-0.05, 0) is 44.2 Å². The van der Waals surface area contributed by atoms with Gasteiger partial charge in [-0.3, -0.25) is 4.79 Å². The number of ketones is 1. The Morgan fingerprint density at radius 1 is 1.35 bits per heavy atom. The first-order valence-corrected chi connectivity index (χ1v) is 8.14. The molecule has 0 bridgehead atoms. The van der Waals surface area contributed by atoms with E-state index in [1.54, 1.807) is 39.0 Å². The molecule has 0 spiro atoms. The largest absolute Gasteiger partial charge is 0.618 e. The molecule has 0 radical (unpaired) electrons. The Kier molecular flexibility index (Phi) is 5.44. The summed E-state index contributed by atoms with van der Waals surface area (Å²) < 4.78 is 5.69. The zero-order valence-electron chi connectivity index (χ0n) is 13.2. The van der Waals surface area contributed by atoms with Crippen LogP contribution in [0.15, 0.2) is 29.4 Å². The highest BCUT2D eigenvalue weighted by atomic mass is 32.2. The van der Waals surface area contributed by atoms with Crippen LogP contribution < -0.4 is 4.73 Å². The van der Waals surface area contributed by atoms with E-state index in [0.29, 0.717) is 27.5 Å². The normalized spacial score (nSPS) is 10.6. The van der Waals surface area contributed by atoms with Crippen molar-refractivity contribution < 1.29 is 19.1 Å². The Morgan fingerprint density at radius 2 is 2.09 bits per heavy atom. The van der Waals surface area contributed by atoms with E-state index in [4.69, 9.17) is 4.74 Å². The molecule has 2 aromatic heterocycles. The van der Waals surface area contributed by atoms with Crippen LogP contribution in [0.5, 0.6) is 0 Å². The predicted octanol–water partition coefficient (Wildman–Crippen LogP) is 2.42. The second-order valence-corrected chi connectivity index (χ2v) is 5.92. The molecule has 2 rings (SSSR count). The number of nitrogens with one attached hydrogen (secondary N) is 1. The summed E-state index contributed by atoms with van der Waals surface area (Å²) in [6.07, 6.45) is 1.39. The Hall–Kier alpha value is -2.28. The number of H-pyrrole nitrogens is 1. The summed E-state index contributed by atoms with van der Waals surface area (Å²) in [7, 11) is 0. The molecular formula is C16H18N2O4S. The lowest BCUT2D eigenvalue weighted by Crippen LogP contribution is -2.28. The van der Waals surface area contributed by atoms with E-state index >= 15 is 0 Å².